The molecular weight excluding hydrogens is 1530 g/mol. The third-order valence-electron chi connectivity index (χ3n) is 13.7. The fraction of sp³-hybridized carbons (Fsp3) is 0. The minimum atomic E-state index is -3.06. The van der Waals surface area contributed by atoms with Crippen molar-refractivity contribution in [1.82, 2.24) is 47.8 Å². The number of fused-ring (bicyclic) bond motifs is 18. The molecular formula is C62H36Cl4K2N10O2Pt2. The van der Waals surface area contributed by atoms with Crippen molar-refractivity contribution in [3.05, 3.63) is 232 Å². The van der Waals surface area contributed by atoms with Crippen LogP contribution in [0.2, 0.25) is 0 Å². The Labute approximate surface area is 546 Å². The first-order valence-electron chi connectivity index (χ1n) is 25.5. The molecule has 0 saturated heterocycles. The van der Waals surface area contributed by atoms with Gasteiger partial charge in [-0.15, -0.1) is 29.7 Å². The molecule has 16 aromatic rings. The Bertz CT molecular complexity index is 4710. The number of hydrogen-bond donors (Lipinski definition) is 0. The Kier molecular flexibility index (Phi) is 17.7. The maximum atomic E-state index is 6.43. The van der Waals surface area contributed by atoms with Crippen LogP contribution in [0.25, 0.3) is 110 Å². The van der Waals surface area contributed by atoms with E-state index in [9.17, 15) is 0 Å². The zero-order valence-electron chi connectivity index (χ0n) is 43.2. The number of imidazole rings is 2. The van der Waals surface area contributed by atoms with Crippen LogP contribution < -0.4 is 9.47 Å². The molecule has 82 heavy (non-hydrogen) atoms. The topological polar surface area (TPSA) is 114 Å². The summed E-state index contributed by atoms with van der Waals surface area (Å²) in [5.74, 6) is 4.41. The monoisotopic (exact) mass is 1560 g/mol. The van der Waals surface area contributed by atoms with Crippen molar-refractivity contribution in [3.63, 3.8) is 0 Å². The van der Waals surface area contributed by atoms with E-state index in [-0.39, 0.29) is 21.1 Å². The van der Waals surface area contributed by atoms with Gasteiger partial charge in [-0.3, -0.25) is 14.0 Å². The summed E-state index contributed by atoms with van der Waals surface area (Å²) in [6, 6.07) is 64.0. The summed E-state index contributed by atoms with van der Waals surface area (Å²) >= 11 is -0.556. The van der Waals surface area contributed by atoms with Gasteiger partial charge in [0.05, 0.1) is 16.7 Å². The van der Waals surface area contributed by atoms with Crippen molar-refractivity contribution in [1.29, 1.82) is 0 Å². The van der Waals surface area contributed by atoms with Gasteiger partial charge in [0, 0.05) is 94.2 Å². The molecule has 0 fully saturated rings. The Morgan fingerprint density at radius 2 is 0.841 bits per heavy atom. The molecule has 6 aromatic carbocycles. The molecule has 0 spiro atoms. The van der Waals surface area contributed by atoms with Gasteiger partial charge in [0.15, 0.2) is 0 Å². The van der Waals surface area contributed by atoms with Crippen LogP contribution in [0.3, 0.4) is 0 Å². The Hall–Kier alpha value is -4.65. The predicted octanol–water partition coefficient (Wildman–Crippen LogP) is 16.2. The Balaban J connectivity index is 0.000000145. The van der Waals surface area contributed by atoms with Crippen molar-refractivity contribution in [3.8, 4) is 34.6 Å². The van der Waals surface area contributed by atoms with Gasteiger partial charge in [-0.1, -0.05) is 77.0 Å². The smallest absolute Gasteiger partial charge is 0.503 e. The van der Waals surface area contributed by atoms with E-state index in [0.717, 1.165) is 116 Å². The molecule has 0 aliphatic carbocycles. The molecule has 0 radical (unpaired) electrons. The van der Waals surface area contributed by atoms with Gasteiger partial charge in [0.1, 0.15) is 40.1 Å². The number of aromatic nitrogens is 10. The van der Waals surface area contributed by atoms with Crippen LogP contribution in [0.4, 0.5) is 0 Å². The van der Waals surface area contributed by atoms with E-state index in [4.69, 9.17) is 47.1 Å². The zero-order chi connectivity index (χ0) is 55.2. The van der Waals surface area contributed by atoms with Crippen molar-refractivity contribution in [2.75, 3.05) is 0 Å². The number of rotatable bonds is 6. The van der Waals surface area contributed by atoms with Crippen LogP contribution in [0.5, 0.6) is 23.0 Å². The second-order valence-corrected chi connectivity index (χ2v) is 37.8. The van der Waals surface area contributed by atoms with E-state index in [1.807, 2.05) is 119 Å². The molecule has 0 bridgehead atoms. The van der Waals surface area contributed by atoms with Crippen LogP contribution in [-0.4, -0.2) is 111 Å². The van der Waals surface area contributed by atoms with E-state index < -0.39 is 11.9 Å². The average Bonchev–Trinajstić information content (AvgIpc) is 3.57. The van der Waals surface area contributed by atoms with Gasteiger partial charge in [0.25, 0.3) is 0 Å². The molecule has 0 amide bonds. The molecule has 10 aromatic heterocycles. The molecule has 396 valence electrons. The average molecular weight is 1560 g/mol. The fourth-order valence-corrected chi connectivity index (χ4v) is 10.5. The third kappa shape index (κ3) is 11.4. The van der Waals surface area contributed by atoms with Crippen molar-refractivity contribution < 1.29 is 42.4 Å². The van der Waals surface area contributed by atoms with E-state index in [2.05, 4.69) is 136 Å². The summed E-state index contributed by atoms with van der Waals surface area (Å²) < 4.78 is 21.1. The number of ether oxygens (including phenoxy) is 2. The van der Waals surface area contributed by atoms with Gasteiger partial charge in [-0.25, -0.2) is 24.9 Å². The molecule has 20 heteroatoms. The fourth-order valence-electron chi connectivity index (χ4n) is 10.5. The third-order valence-corrected chi connectivity index (χ3v) is 13.7. The minimum absolute atomic E-state index is 0. The van der Waals surface area contributed by atoms with Gasteiger partial charge in [0.2, 0.25) is 0 Å². The molecule has 0 N–H and O–H groups in total. The number of benzene rings is 6. The quantitative estimate of drug-likeness (QED) is 0.0919. The summed E-state index contributed by atoms with van der Waals surface area (Å²) in [6.45, 7) is 0. The Morgan fingerprint density at radius 3 is 1.50 bits per heavy atom. The number of hydrogen-bond acceptors (Lipinski definition) is 8. The van der Waals surface area contributed by atoms with Crippen molar-refractivity contribution >= 4 is 199 Å². The first kappa shape index (κ1) is 57.8. The minimum Gasteiger partial charge on any atom is -0.503 e. The van der Waals surface area contributed by atoms with Gasteiger partial charge < -0.3 is 18.4 Å². The summed E-state index contributed by atoms with van der Waals surface area (Å²) in [7, 11) is 20.0. The molecule has 0 aliphatic heterocycles. The van der Waals surface area contributed by atoms with E-state index in [0.29, 0.717) is 11.5 Å². The largest absolute Gasteiger partial charge is 2.00 e. The van der Waals surface area contributed by atoms with Crippen LogP contribution >= 0.6 is 37.7 Å². The van der Waals surface area contributed by atoms with Crippen molar-refractivity contribution in [2.45, 2.75) is 0 Å². The van der Waals surface area contributed by atoms with E-state index in [1.54, 1.807) is 24.8 Å². The van der Waals surface area contributed by atoms with Gasteiger partial charge >= 0.3 is 134 Å². The predicted molar refractivity (Wildman–Crippen MR) is 326 cm³/mol. The summed E-state index contributed by atoms with van der Waals surface area (Å²) in [6.07, 6.45) is 14.7. The molecule has 0 unspecified atom stereocenters. The number of halogens is 4. The summed E-state index contributed by atoms with van der Waals surface area (Å²) in [4.78, 5) is 27.6. The maximum Gasteiger partial charge on any atom is 2.00 e. The van der Waals surface area contributed by atoms with Gasteiger partial charge in [-0.05, 0) is 101 Å². The number of pyridine rings is 6. The van der Waals surface area contributed by atoms with Crippen LogP contribution in [0, 0.1) is 12.1 Å². The first-order chi connectivity index (χ1) is 39.7. The van der Waals surface area contributed by atoms with Crippen molar-refractivity contribution in [2.24, 2.45) is 0 Å². The number of para-hydroxylation sites is 2. The molecule has 10 heterocycles. The Morgan fingerprint density at radius 1 is 0.378 bits per heavy atom. The van der Waals surface area contributed by atoms with Crippen LogP contribution in [-0.2, 0) is 33.0 Å². The summed E-state index contributed by atoms with van der Waals surface area (Å²) in [5, 5.41) is 10.7. The van der Waals surface area contributed by atoms with Crippen LogP contribution in [0.15, 0.2) is 219 Å². The van der Waals surface area contributed by atoms with E-state index >= 15 is 0 Å². The standard InChI is InChI=1S/C31H19N5O.C31H17N5O.4ClH.2K.2Pt/c2*1-2-8-27-23(6-1)24-13-11-21(19-28(24)36(27)29-9-3-4-14-32-29)37-20-10-12-22-25-7-5-15-33-30(25)35-17-16-34-31(35)26(22)18-20;;;;;;;;/h1-19H;1-17H;4*1H;;;;/q;-2;;;;;;;+2;+4/p-4. The first-order valence-corrected chi connectivity index (χ1v) is 52.8. The molecule has 0 aliphatic rings. The molecule has 12 nitrogen and oxygen atoms in total. The molecule has 16 rings (SSSR count). The molecule has 0 saturated carbocycles. The normalized spacial score (nSPS) is 11.7. The van der Waals surface area contributed by atoms with Crippen LogP contribution in [0.1, 0.15) is 0 Å². The second kappa shape index (κ2) is 25.1. The number of nitrogens with zero attached hydrogens (tertiary/aromatic N) is 10. The summed E-state index contributed by atoms with van der Waals surface area (Å²) in [5.41, 5.74) is 7.55. The zero-order valence-corrected chi connectivity index (χ0v) is 57.0. The SMILES string of the molecule is [Cl][Pt]([Cl])([Cl])[Cl].[K][K].[Pt+2].[c-]1c(Oc2[c-]c3c(cc2)c2ccccc2n3-c2ccccn2)ccc2c1c1nccn1c1ncccc21.c1ccc(-n2c3ccccc3c3ccc(Oc4ccc5c6cccnc6n6ccnc6c5c4)cc32)nc1. The van der Waals surface area contributed by atoms with E-state index in [1.165, 1.54) is 68.5 Å². The van der Waals surface area contributed by atoms with Gasteiger partial charge in [-0.2, -0.15) is 6.07 Å². The maximum absolute atomic E-state index is 6.43. The second-order valence-electron chi connectivity index (χ2n) is 18.1. The molecule has 0 atom stereocenters.